The Morgan fingerprint density at radius 3 is 2.79 bits per heavy atom. The Hall–Kier alpha value is -2.11. The van der Waals surface area contributed by atoms with E-state index >= 15 is 0 Å². The molecule has 0 unspecified atom stereocenters. The molecule has 130 valence electrons. The first-order valence-corrected chi connectivity index (χ1v) is 8.79. The van der Waals surface area contributed by atoms with Gasteiger partial charge in [0, 0.05) is 19.0 Å². The van der Waals surface area contributed by atoms with Gasteiger partial charge in [0.25, 0.3) is 0 Å². The van der Waals surface area contributed by atoms with E-state index in [0.29, 0.717) is 31.1 Å². The minimum atomic E-state index is -0.567. The van der Waals surface area contributed by atoms with Crippen molar-refractivity contribution in [2.24, 2.45) is 11.7 Å². The highest BCUT2D eigenvalue weighted by Crippen LogP contribution is 2.30. The second kappa shape index (κ2) is 7.64. The van der Waals surface area contributed by atoms with Gasteiger partial charge in [-0.2, -0.15) is 0 Å². The average molecular weight is 331 g/mol. The SMILES string of the molecule is NC(=O)[C@@H]1C[C@H](Oc2cccnc2)CN1C(=O)CCC1CCCC1. The van der Waals surface area contributed by atoms with Crippen LogP contribution in [-0.4, -0.2) is 40.4 Å². The summed E-state index contributed by atoms with van der Waals surface area (Å²) in [6.45, 7) is 0.409. The fourth-order valence-electron chi connectivity index (χ4n) is 3.81. The third-order valence-electron chi connectivity index (χ3n) is 5.09. The standard InChI is InChI=1S/C18H25N3O3/c19-18(23)16-10-15(24-14-6-3-9-20-11-14)12-21(16)17(22)8-7-13-4-1-2-5-13/h3,6,9,11,13,15-16H,1-2,4-5,7-8,10,12H2,(H2,19,23)/t15-,16-/m0/s1. The number of nitrogens with two attached hydrogens (primary N) is 1. The number of likely N-dealkylation sites (tertiary alicyclic amines) is 1. The second-order valence-corrected chi connectivity index (χ2v) is 6.82. The van der Waals surface area contributed by atoms with Crippen molar-refractivity contribution in [2.75, 3.05) is 6.54 Å². The van der Waals surface area contributed by atoms with Crippen LogP contribution in [0.25, 0.3) is 0 Å². The molecule has 0 bridgehead atoms. The van der Waals surface area contributed by atoms with Gasteiger partial charge in [0.05, 0.1) is 12.7 Å². The monoisotopic (exact) mass is 331 g/mol. The fourth-order valence-corrected chi connectivity index (χ4v) is 3.81. The zero-order valence-corrected chi connectivity index (χ0v) is 13.9. The van der Waals surface area contributed by atoms with Gasteiger partial charge in [-0.3, -0.25) is 14.6 Å². The van der Waals surface area contributed by atoms with Gasteiger partial charge >= 0.3 is 0 Å². The lowest BCUT2D eigenvalue weighted by atomic mass is 10.0. The maximum Gasteiger partial charge on any atom is 0.240 e. The number of ether oxygens (including phenoxy) is 1. The van der Waals surface area contributed by atoms with Crippen molar-refractivity contribution < 1.29 is 14.3 Å². The molecule has 0 spiro atoms. The second-order valence-electron chi connectivity index (χ2n) is 6.82. The van der Waals surface area contributed by atoms with E-state index in [4.69, 9.17) is 10.5 Å². The number of rotatable bonds is 6. The van der Waals surface area contributed by atoms with E-state index in [9.17, 15) is 9.59 Å². The molecule has 24 heavy (non-hydrogen) atoms. The van der Waals surface area contributed by atoms with Gasteiger partial charge in [-0.15, -0.1) is 0 Å². The van der Waals surface area contributed by atoms with Crippen LogP contribution in [0.15, 0.2) is 24.5 Å². The number of carbonyl (C=O) groups is 2. The first-order valence-electron chi connectivity index (χ1n) is 8.79. The summed E-state index contributed by atoms with van der Waals surface area (Å²) in [5, 5.41) is 0. The molecule has 2 aliphatic rings. The van der Waals surface area contributed by atoms with Gasteiger partial charge in [-0.1, -0.05) is 25.7 Å². The summed E-state index contributed by atoms with van der Waals surface area (Å²) in [5.41, 5.74) is 5.50. The van der Waals surface area contributed by atoms with Gasteiger partial charge in [0.15, 0.2) is 0 Å². The van der Waals surface area contributed by atoms with Gasteiger partial charge in [-0.05, 0) is 24.5 Å². The topological polar surface area (TPSA) is 85.5 Å². The van der Waals surface area contributed by atoms with Crippen molar-refractivity contribution in [3.8, 4) is 5.75 Å². The summed E-state index contributed by atoms with van der Waals surface area (Å²) in [6.07, 6.45) is 9.92. The normalized spacial score (nSPS) is 24.2. The summed E-state index contributed by atoms with van der Waals surface area (Å²) in [5.74, 6) is 0.862. The number of carbonyl (C=O) groups excluding carboxylic acids is 2. The molecule has 2 fully saturated rings. The Labute approximate surface area is 142 Å². The molecule has 3 rings (SSSR count). The third-order valence-corrected chi connectivity index (χ3v) is 5.09. The van der Waals surface area contributed by atoms with Gasteiger partial charge in [0.2, 0.25) is 11.8 Å². The van der Waals surface area contributed by atoms with Crippen molar-refractivity contribution in [2.45, 2.75) is 57.1 Å². The average Bonchev–Trinajstić information content (AvgIpc) is 3.23. The number of primary amides is 1. The predicted octanol–water partition coefficient (Wildman–Crippen LogP) is 1.89. The van der Waals surface area contributed by atoms with E-state index in [2.05, 4.69) is 4.98 Å². The molecule has 0 aromatic carbocycles. The largest absolute Gasteiger partial charge is 0.487 e. The molecule has 1 aliphatic heterocycles. The molecule has 2 N–H and O–H groups in total. The van der Waals surface area contributed by atoms with E-state index in [1.165, 1.54) is 25.7 Å². The van der Waals surface area contributed by atoms with Gasteiger partial charge < -0.3 is 15.4 Å². The Bertz CT molecular complexity index is 572. The lowest BCUT2D eigenvalue weighted by Gasteiger charge is -2.22. The number of nitrogens with zero attached hydrogens (tertiary/aromatic N) is 2. The summed E-state index contributed by atoms with van der Waals surface area (Å²) >= 11 is 0. The number of hydrogen-bond donors (Lipinski definition) is 1. The van der Waals surface area contributed by atoms with Crippen molar-refractivity contribution in [3.05, 3.63) is 24.5 Å². The van der Waals surface area contributed by atoms with Crippen LogP contribution < -0.4 is 10.5 Å². The number of amides is 2. The van der Waals surface area contributed by atoms with Crippen LogP contribution in [0, 0.1) is 5.92 Å². The van der Waals surface area contributed by atoms with Crippen LogP contribution in [-0.2, 0) is 9.59 Å². The first-order chi connectivity index (χ1) is 11.6. The molecule has 6 nitrogen and oxygen atoms in total. The van der Waals surface area contributed by atoms with Crippen LogP contribution in [0.1, 0.15) is 44.9 Å². The summed E-state index contributed by atoms with van der Waals surface area (Å²) < 4.78 is 5.85. The highest BCUT2D eigenvalue weighted by molar-refractivity contribution is 5.87. The van der Waals surface area contributed by atoms with Crippen molar-refractivity contribution in [1.82, 2.24) is 9.88 Å². The maximum atomic E-state index is 12.6. The van der Waals surface area contributed by atoms with E-state index in [-0.39, 0.29) is 12.0 Å². The summed E-state index contributed by atoms with van der Waals surface area (Å²) in [6, 6.07) is 3.04. The van der Waals surface area contributed by atoms with Crippen molar-refractivity contribution >= 4 is 11.8 Å². The summed E-state index contributed by atoms with van der Waals surface area (Å²) in [4.78, 5) is 29.9. The van der Waals surface area contributed by atoms with E-state index in [1.54, 1.807) is 23.4 Å². The highest BCUT2D eigenvalue weighted by Gasteiger charge is 2.39. The molecule has 2 atom stereocenters. The Morgan fingerprint density at radius 2 is 2.12 bits per heavy atom. The lowest BCUT2D eigenvalue weighted by molar-refractivity contribution is -0.137. The predicted molar refractivity (Wildman–Crippen MR) is 89.2 cm³/mol. The third kappa shape index (κ3) is 4.04. The van der Waals surface area contributed by atoms with E-state index in [0.717, 1.165) is 6.42 Å². The number of aromatic nitrogens is 1. The lowest BCUT2D eigenvalue weighted by Crippen LogP contribution is -2.43. The molecule has 0 radical (unpaired) electrons. The van der Waals surface area contributed by atoms with Crippen LogP contribution >= 0.6 is 0 Å². The number of pyridine rings is 1. The quantitative estimate of drug-likeness (QED) is 0.862. The smallest absolute Gasteiger partial charge is 0.240 e. The van der Waals surface area contributed by atoms with Crippen molar-refractivity contribution in [1.29, 1.82) is 0 Å². The molecule has 2 heterocycles. The minimum Gasteiger partial charge on any atom is -0.487 e. The minimum absolute atomic E-state index is 0.0167. The molecule has 1 aromatic rings. The zero-order chi connectivity index (χ0) is 16.9. The zero-order valence-electron chi connectivity index (χ0n) is 13.9. The Morgan fingerprint density at radius 1 is 1.33 bits per heavy atom. The molecular formula is C18H25N3O3. The molecule has 1 aromatic heterocycles. The molecule has 6 heteroatoms. The van der Waals surface area contributed by atoms with E-state index < -0.39 is 11.9 Å². The highest BCUT2D eigenvalue weighted by atomic mass is 16.5. The molecule has 2 amide bonds. The van der Waals surface area contributed by atoms with Crippen LogP contribution in [0.3, 0.4) is 0 Å². The van der Waals surface area contributed by atoms with Gasteiger partial charge in [0.1, 0.15) is 17.9 Å². The van der Waals surface area contributed by atoms with Crippen molar-refractivity contribution in [3.63, 3.8) is 0 Å². The molecule has 1 aliphatic carbocycles. The summed E-state index contributed by atoms with van der Waals surface area (Å²) in [7, 11) is 0. The molecular weight excluding hydrogens is 306 g/mol. The van der Waals surface area contributed by atoms with Gasteiger partial charge in [-0.25, -0.2) is 0 Å². The first kappa shape index (κ1) is 16.7. The molecule has 1 saturated carbocycles. The Balaban J connectivity index is 1.58. The van der Waals surface area contributed by atoms with E-state index in [1.807, 2.05) is 6.07 Å². The van der Waals surface area contributed by atoms with Crippen LogP contribution in [0.2, 0.25) is 0 Å². The Kier molecular flexibility index (Phi) is 5.33. The fraction of sp³-hybridized carbons (Fsp3) is 0.611. The van der Waals surface area contributed by atoms with Crippen LogP contribution in [0.5, 0.6) is 5.75 Å². The maximum absolute atomic E-state index is 12.6. The number of hydrogen-bond acceptors (Lipinski definition) is 4. The van der Waals surface area contributed by atoms with Crippen LogP contribution in [0.4, 0.5) is 0 Å². The molecule has 1 saturated heterocycles.